The Kier molecular flexibility index (Phi) is 15.3. The molecule has 0 spiro atoms. The highest BCUT2D eigenvalue weighted by Crippen LogP contribution is 2.36. The fraction of sp³-hybridized carbons (Fsp3) is 1.00. The van der Waals surface area contributed by atoms with Gasteiger partial charge in [0, 0.05) is 11.8 Å². The lowest BCUT2D eigenvalue weighted by atomic mass is 9.70. The van der Waals surface area contributed by atoms with Crippen molar-refractivity contribution in [2.45, 2.75) is 44.5 Å². The molecule has 0 aromatic rings. The molecule has 0 radical (unpaired) electrons. The third-order valence-corrected chi connectivity index (χ3v) is 4.78. The second-order valence-corrected chi connectivity index (χ2v) is 6.52. The molecule has 0 saturated heterocycles. The lowest BCUT2D eigenvalue weighted by molar-refractivity contribution is -0.183. The van der Waals surface area contributed by atoms with Gasteiger partial charge in [0.1, 0.15) is 0 Å². The predicted octanol–water partition coefficient (Wildman–Crippen LogP) is -1.48. The number of ether oxygens (including phenoxy) is 3. The molecular weight excluding hydrogens is 360 g/mol. The summed E-state index contributed by atoms with van der Waals surface area (Å²) >= 11 is 0. The van der Waals surface area contributed by atoms with Crippen LogP contribution in [0.1, 0.15) is 26.7 Å². The van der Waals surface area contributed by atoms with Crippen molar-refractivity contribution in [1.29, 1.82) is 0 Å². The van der Waals surface area contributed by atoms with E-state index in [1.165, 1.54) is 0 Å². The minimum atomic E-state index is -1.63. The number of aliphatic hydroxyl groups is 6. The molecule has 0 amide bonds. The van der Waals surface area contributed by atoms with E-state index in [0.29, 0.717) is 26.1 Å². The van der Waals surface area contributed by atoms with E-state index in [1.54, 1.807) is 13.8 Å². The second-order valence-electron chi connectivity index (χ2n) is 6.52. The molecule has 0 aromatic heterocycles. The van der Waals surface area contributed by atoms with Crippen LogP contribution in [0, 0.1) is 11.8 Å². The van der Waals surface area contributed by atoms with E-state index in [1.807, 2.05) is 0 Å². The third kappa shape index (κ3) is 9.12. The summed E-state index contributed by atoms with van der Waals surface area (Å²) < 4.78 is 15.9. The van der Waals surface area contributed by atoms with Crippen molar-refractivity contribution in [2.75, 3.05) is 59.5 Å². The molecular formula is C18H38O9. The van der Waals surface area contributed by atoms with E-state index >= 15 is 0 Å². The molecule has 0 aliphatic heterocycles. The van der Waals surface area contributed by atoms with Crippen LogP contribution in [0.25, 0.3) is 0 Å². The average Bonchev–Trinajstić information content (AvgIpc) is 2.67. The molecule has 9 heteroatoms. The van der Waals surface area contributed by atoms with E-state index in [9.17, 15) is 25.5 Å². The van der Waals surface area contributed by atoms with Crippen LogP contribution in [0.15, 0.2) is 0 Å². The van der Waals surface area contributed by atoms with Gasteiger partial charge >= 0.3 is 0 Å². The quantitative estimate of drug-likeness (QED) is 0.152. The zero-order valence-corrected chi connectivity index (χ0v) is 16.5. The molecule has 6 N–H and O–H groups in total. The second kappa shape index (κ2) is 15.5. The third-order valence-electron chi connectivity index (χ3n) is 4.78. The maximum atomic E-state index is 11.3. The van der Waals surface area contributed by atoms with E-state index in [-0.39, 0.29) is 33.0 Å². The van der Waals surface area contributed by atoms with Crippen molar-refractivity contribution >= 4 is 0 Å². The first kappa shape index (κ1) is 26.6. The van der Waals surface area contributed by atoms with Crippen LogP contribution in [-0.2, 0) is 14.2 Å². The van der Waals surface area contributed by atoms with Crippen LogP contribution < -0.4 is 0 Å². The van der Waals surface area contributed by atoms with E-state index in [4.69, 9.17) is 19.3 Å². The van der Waals surface area contributed by atoms with Gasteiger partial charge in [-0.25, -0.2) is 0 Å². The Morgan fingerprint density at radius 1 is 0.704 bits per heavy atom. The van der Waals surface area contributed by atoms with Gasteiger partial charge in [0.15, 0.2) is 0 Å². The summed E-state index contributed by atoms with van der Waals surface area (Å²) in [6, 6.07) is 0. The molecule has 27 heavy (non-hydrogen) atoms. The Hall–Kier alpha value is -0.360. The lowest BCUT2D eigenvalue weighted by Crippen LogP contribution is -2.57. The molecule has 0 aromatic carbocycles. The summed E-state index contributed by atoms with van der Waals surface area (Å²) in [4.78, 5) is 0. The smallest absolute Gasteiger partial charge is 0.0986 e. The van der Waals surface area contributed by atoms with Crippen molar-refractivity contribution in [3.8, 4) is 0 Å². The topological polar surface area (TPSA) is 149 Å². The van der Waals surface area contributed by atoms with Gasteiger partial charge in [-0.1, -0.05) is 13.8 Å². The fourth-order valence-electron chi connectivity index (χ4n) is 3.40. The first-order valence-electron chi connectivity index (χ1n) is 9.57. The SMILES string of the molecule is CCC(C(O)CO)C(O)(COCCOCCOCCO)C(CC)C(O)CO. The fourth-order valence-corrected chi connectivity index (χ4v) is 3.40. The number of hydrogen-bond acceptors (Lipinski definition) is 9. The molecule has 0 bridgehead atoms. The average molecular weight is 398 g/mol. The maximum absolute atomic E-state index is 11.3. The number of aliphatic hydroxyl groups excluding tert-OH is 5. The predicted molar refractivity (Wildman–Crippen MR) is 98.2 cm³/mol. The largest absolute Gasteiger partial charge is 0.394 e. The Bertz CT molecular complexity index is 325. The van der Waals surface area contributed by atoms with Gasteiger partial charge in [0.25, 0.3) is 0 Å². The van der Waals surface area contributed by atoms with Crippen LogP contribution in [0.3, 0.4) is 0 Å². The summed E-state index contributed by atoms with van der Waals surface area (Å²) in [7, 11) is 0. The molecule has 0 aliphatic carbocycles. The molecule has 4 unspecified atom stereocenters. The normalized spacial score (nSPS) is 18.7. The lowest BCUT2D eigenvalue weighted by Gasteiger charge is -2.44. The van der Waals surface area contributed by atoms with Gasteiger partial charge in [-0.05, 0) is 12.8 Å². The first-order chi connectivity index (χ1) is 12.9. The highest BCUT2D eigenvalue weighted by Gasteiger charge is 2.48. The van der Waals surface area contributed by atoms with Gasteiger partial charge in [-0.15, -0.1) is 0 Å². The molecule has 0 aliphatic rings. The first-order valence-corrected chi connectivity index (χ1v) is 9.57. The van der Waals surface area contributed by atoms with E-state index in [2.05, 4.69) is 0 Å². The van der Waals surface area contributed by atoms with Crippen molar-refractivity contribution in [3.63, 3.8) is 0 Å². The molecule has 9 nitrogen and oxygen atoms in total. The monoisotopic (exact) mass is 398 g/mol. The van der Waals surface area contributed by atoms with Crippen molar-refractivity contribution < 1.29 is 44.8 Å². The standard InChI is InChI=1S/C18H38O9/c1-3-14(16(22)11-20)18(24,15(4-2)17(23)12-21)13-27-10-9-26-8-7-25-6-5-19/h14-17,19-24H,3-13H2,1-2H3. The summed E-state index contributed by atoms with van der Waals surface area (Å²) in [6.07, 6.45) is -1.64. The van der Waals surface area contributed by atoms with Crippen molar-refractivity contribution in [2.24, 2.45) is 11.8 Å². The summed E-state index contributed by atoms with van der Waals surface area (Å²) in [6.45, 7) is 3.65. The minimum Gasteiger partial charge on any atom is -0.394 e. The summed E-state index contributed by atoms with van der Waals surface area (Å²) in [5.41, 5.74) is -1.63. The molecule has 0 saturated carbocycles. The molecule has 0 rings (SSSR count). The van der Waals surface area contributed by atoms with Crippen LogP contribution in [-0.4, -0.2) is 108 Å². The van der Waals surface area contributed by atoms with Gasteiger partial charge in [-0.3, -0.25) is 0 Å². The number of hydrogen-bond donors (Lipinski definition) is 6. The highest BCUT2D eigenvalue weighted by atomic mass is 16.5. The van der Waals surface area contributed by atoms with Crippen LogP contribution in [0.5, 0.6) is 0 Å². The minimum absolute atomic E-state index is 0.0434. The van der Waals surface area contributed by atoms with Crippen LogP contribution in [0.2, 0.25) is 0 Å². The highest BCUT2D eigenvalue weighted by molar-refractivity contribution is 4.97. The summed E-state index contributed by atoms with van der Waals surface area (Å²) in [5, 5.41) is 58.8. The number of rotatable bonds is 18. The Morgan fingerprint density at radius 2 is 1.11 bits per heavy atom. The molecule has 164 valence electrons. The summed E-state index contributed by atoms with van der Waals surface area (Å²) in [5.74, 6) is -1.47. The van der Waals surface area contributed by atoms with E-state index in [0.717, 1.165) is 0 Å². The van der Waals surface area contributed by atoms with E-state index < -0.39 is 42.9 Å². The van der Waals surface area contributed by atoms with Gasteiger partial charge < -0.3 is 44.8 Å². The molecule has 0 heterocycles. The van der Waals surface area contributed by atoms with Gasteiger partial charge in [-0.2, -0.15) is 0 Å². The van der Waals surface area contributed by atoms with Crippen molar-refractivity contribution in [1.82, 2.24) is 0 Å². The molecule has 4 atom stereocenters. The zero-order chi connectivity index (χ0) is 20.7. The van der Waals surface area contributed by atoms with Crippen molar-refractivity contribution in [3.05, 3.63) is 0 Å². The molecule has 0 fully saturated rings. The van der Waals surface area contributed by atoms with Gasteiger partial charge in [0.05, 0.1) is 77.3 Å². The zero-order valence-electron chi connectivity index (χ0n) is 16.5. The van der Waals surface area contributed by atoms with Crippen LogP contribution >= 0.6 is 0 Å². The maximum Gasteiger partial charge on any atom is 0.0986 e. The van der Waals surface area contributed by atoms with Crippen LogP contribution in [0.4, 0.5) is 0 Å². The van der Waals surface area contributed by atoms with Gasteiger partial charge in [0.2, 0.25) is 0 Å². The Balaban J connectivity index is 4.76. The Morgan fingerprint density at radius 3 is 1.48 bits per heavy atom. The Labute approximate surface area is 161 Å².